The van der Waals surface area contributed by atoms with Gasteiger partial charge in [-0.05, 0) is 49.8 Å². The Bertz CT molecular complexity index is 1270. The highest BCUT2D eigenvalue weighted by molar-refractivity contribution is 6.16. The van der Waals surface area contributed by atoms with E-state index in [1.807, 2.05) is 44.2 Å². The van der Waals surface area contributed by atoms with Crippen LogP contribution in [0.15, 0.2) is 78.9 Å². The van der Waals surface area contributed by atoms with E-state index in [0.717, 1.165) is 11.1 Å². The lowest BCUT2D eigenvalue weighted by atomic mass is 10.0. The molecule has 3 amide bonds. The summed E-state index contributed by atoms with van der Waals surface area (Å²) in [5, 5.41) is 5.62. The van der Waals surface area contributed by atoms with Crippen molar-refractivity contribution in [2.45, 2.75) is 26.3 Å². The van der Waals surface area contributed by atoms with E-state index in [1.165, 1.54) is 11.0 Å². The van der Waals surface area contributed by atoms with E-state index in [-0.39, 0.29) is 12.3 Å². The molecular formula is C28H27N3O4. The molecule has 0 aliphatic carbocycles. The quantitative estimate of drug-likeness (QED) is 0.487. The lowest BCUT2D eigenvalue weighted by molar-refractivity contribution is -0.124. The van der Waals surface area contributed by atoms with E-state index in [2.05, 4.69) is 10.6 Å². The zero-order valence-electron chi connectivity index (χ0n) is 19.7. The van der Waals surface area contributed by atoms with Crippen molar-refractivity contribution in [2.75, 3.05) is 22.1 Å². The molecule has 0 saturated carbocycles. The zero-order chi connectivity index (χ0) is 24.8. The molecule has 0 aromatic heterocycles. The molecule has 0 unspecified atom stereocenters. The van der Waals surface area contributed by atoms with Crippen molar-refractivity contribution in [3.8, 4) is 5.75 Å². The number of nitrogens with one attached hydrogen (secondary N) is 2. The first-order valence-corrected chi connectivity index (χ1v) is 11.5. The maximum absolute atomic E-state index is 13.3. The van der Waals surface area contributed by atoms with Gasteiger partial charge in [-0.25, -0.2) is 0 Å². The third kappa shape index (κ3) is 5.58. The van der Waals surface area contributed by atoms with E-state index in [1.54, 1.807) is 48.5 Å². The lowest BCUT2D eigenvalue weighted by Gasteiger charge is -2.35. The summed E-state index contributed by atoms with van der Waals surface area (Å²) in [7, 11) is 0. The van der Waals surface area contributed by atoms with Gasteiger partial charge in [-0.3, -0.25) is 19.3 Å². The molecule has 7 nitrogen and oxygen atoms in total. The summed E-state index contributed by atoms with van der Waals surface area (Å²) < 4.78 is 5.57. The number of aryl methyl sites for hydroxylation is 1. The van der Waals surface area contributed by atoms with Crippen LogP contribution >= 0.6 is 0 Å². The summed E-state index contributed by atoms with van der Waals surface area (Å²) >= 11 is 0. The van der Waals surface area contributed by atoms with Crippen molar-refractivity contribution in [1.29, 1.82) is 0 Å². The summed E-state index contributed by atoms with van der Waals surface area (Å²) in [5.41, 5.74) is 3.55. The van der Waals surface area contributed by atoms with Crippen LogP contribution in [0.3, 0.4) is 0 Å². The maximum atomic E-state index is 13.3. The van der Waals surface area contributed by atoms with Crippen molar-refractivity contribution in [2.24, 2.45) is 0 Å². The molecule has 178 valence electrons. The average molecular weight is 470 g/mol. The van der Waals surface area contributed by atoms with Crippen molar-refractivity contribution < 1.29 is 19.1 Å². The standard InChI is InChI=1S/C28H27N3O4/c1-3-35-25-11-7-5-9-22(25)29-26(32)18-24-28(34)30-21-8-4-6-10-23(21)31(24)27(33)17-16-20-14-12-19(2)13-15-20/h4-17,24H,3,18H2,1-2H3,(H,29,32)(H,30,34)/b17-16+/t24-/m0/s1. The smallest absolute Gasteiger partial charge is 0.251 e. The highest BCUT2D eigenvalue weighted by Crippen LogP contribution is 2.33. The number of amides is 3. The Labute approximate surface area is 204 Å². The first-order chi connectivity index (χ1) is 17.0. The van der Waals surface area contributed by atoms with Crippen LogP contribution in [0.4, 0.5) is 17.1 Å². The summed E-state index contributed by atoms with van der Waals surface area (Å²) in [4.78, 5) is 40.7. The second kappa shape index (κ2) is 10.7. The SMILES string of the molecule is CCOc1ccccc1NC(=O)C[C@H]1C(=O)Nc2ccccc2N1C(=O)/C=C/c1ccc(C)cc1. The number of para-hydroxylation sites is 4. The number of hydrogen-bond acceptors (Lipinski definition) is 4. The van der Waals surface area contributed by atoms with Crippen LogP contribution in [0.25, 0.3) is 6.08 Å². The van der Waals surface area contributed by atoms with Crippen molar-refractivity contribution in [3.05, 3.63) is 90.0 Å². The van der Waals surface area contributed by atoms with Gasteiger partial charge in [0.2, 0.25) is 11.8 Å². The fourth-order valence-corrected chi connectivity index (χ4v) is 3.90. The summed E-state index contributed by atoms with van der Waals surface area (Å²) in [6.45, 7) is 4.30. The molecule has 3 aromatic carbocycles. The van der Waals surface area contributed by atoms with Gasteiger partial charge >= 0.3 is 0 Å². The van der Waals surface area contributed by atoms with Crippen LogP contribution in [0.1, 0.15) is 24.5 Å². The minimum atomic E-state index is -1.01. The molecule has 2 N–H and O–H groups in total. The van der Waals surface area contributed by atoms with Gasteiger partial charge in [0.1, 0.15) is 11.8 Å². The highest BCUT2D eigenvalue weighted by atomic mass is 16.5. The predicted octanol–water partition coefficient (Wildman–Crippen LogP) is 4.79. The van der Waals surface area contributed by atoms with Crippen molar-refractivity contribution >= 4 is 40.9 Å². The molecule has 0 bridgehead atoms. The van der Waals surface area contributed by atoms with Crippen LogP contribution in [0.5, 0.6) is 5.75 Å². The van der Waals surface area contributed by atoms with Gasteiger partial charge in [0.25, 0.3) is 5.91 Å². The first kappa shape index (κ1) is 23.8. The van der Waals surface area contributed by atoms with Gasteiger partial charge in [0.15, 0.2) is 0 Å². The number of nitrogens with zero attached hydrogens (tertiary/aromatic N) is 1. The van der Waals surface area contributed by atoms with Gasteiger partial charge in [-0.2, -0.15) is 0 Å². The minimum absolute atomic E-state index is 0.218. The van der Waals surface area contributed by atoms with Gasteiger partial charge in [-0.1, -0.05) is 54.1 Å². The molecule has 1 atom stereocenters. The normalized spacial score (nSPS) is 14.9. The van der Waals surface area contributed by atoms with Crippen LogP contribution in [-0.4, -0.2) is 30.4 Å². The van der Waals surface area contributed by atoms with E-state index in [0.29, 0.717) is 29.4 Å². The summed E-state index contributed by atoms with van der Waals surface area (Å²) in [5.74, 6) is -0.679. The second-order valence-corrected chi connectivity index (χ2v) is 8.16. The lowest BCUT2D eigenvalue weighted by Crippen LogP contribution is -2.52. The number of rotatable bonds is 7. The Kier molecular flexibility index (Phi) is 7.26. The van der Waals surface area contributed by atoms with Crippen LogP contribution in [0, 0.1) is 6.92 Å². The first-order valence-electron chi connectivity index (χ1n) is 11.5. The van der Waals surface area contributed by atoms with E-state index < -0.39 is 17.9 Å². The van der Waals surface area contributed by atoms with Gasteiger partial charge in [-0.15, -0.1) is 0 Å². The monoisotopic (exact) mass is 469 g/mol. The molecule has 0 spiro atoms. The van der Waals surface area contributed by atoms with Gasteiger partial charge < -0.3 is 15.4 Å². The van der Waals surface area contributed by atoms with Gasteiger partial charge in [0, 0.05) is 6.08 Å². The van der Waals surface area contributed by atoms with Crippen LogP contribution in [-0.2, 0) is 14.4 Å². The maximum Gasteiger partial charge on any atom is 0.251 e. The zero-order valence-corrected chi connectivity index (χ0v) is 19.7. The van der Waals surface area contributed by atoms with Crippen molar-refractivity contribution in [3.63, 3.8) is 0 Å². The van der Waals surface area contributed by atoms with Crippen LogP contribution in [0.2, 0.25) is 0 Å². The van der Waals surface area contributed by atoms with E-state index >= 15 is 0 Å². The third-order valence-electron chi connectivity index (χ3n) is 5.61. The number of anilines is 3. The molecular weight excluding hydrogens is 442 g/mol. The minimum Gasteiger partial charge on any atom is -0.492 e. The summed E-state index contributed by atoms with van der Waals surface area (Å²) in [6, 6.07) is 20.9. The Morgan fingerprint density at radius 2 is 1.74 bits per heavy atom. The van der Waals surface area contributed by atoms with E-state index in [4.69, 9.17) is 4.74 Å². The number of carbonyl (C=O) groups excluding carboxylic acids is 3. The Morgan fingerprint density at radius 1 is 1.03 bits per heavy atom. The third-order valence-corrected chi connectivity index (χ3v) is 5.61. The number of ether oxygens (including phenoxy) is 1. The Balaban J connectivity index is 1.59. The molecule has 0 fully saturated rings. The van der Waals surface area contributed by atoms with Crippen molar-refractivity contribution in [1.82, 2.24) is 0 Å². The Morgan fingerprint density at radius 3 is 2.51 bits per heavy atom. The average Bonchev–Trinajstić information content (AvgIpc) is 2.85. The molecule has 0 saturated heterocycles. The molecule has 35 heavy (non-hydrogen) atoms. The summed E-state index contributed by atoms with van der Waals surface area (Å²) in [6.07, 6.45) is 2.91. The molecule has 3 aromatic rings. The highest BCUT2D eigenvalue weighted by Gasteiger charge is 2.37. The number of hydrogen-bond donors (Lipinski definition) is 2. The number of fused-ring (bicyclic) bond motifs is 1. The second-order valence-electron chi connectivity index (χ2n) is 8.16. The fraction of sp³-hybridized carbons (Fsp3) is 0.179. The van der Waals surface area contributed by atoms with Crippen LogP contribution < -0.4 is 20.3 Å². The largest absolute Gasteiger partial charge is 0.492 e. The molecule has 1 heterocycles. The molecule has 7 heteroatoms. The Hall–Kier alpha value is -4.39. The molecule has 1 aliphatic rings. The number of carbonyl (C=O) groups is 3. The van der Waals surface area contributed by atoms with E-state index in [9.17, 15) is 14.4 Å². The molecule has 1 aliphatic heterocycles. The molecule has 4 rings (SSSR count). The predicted molar refractivity (Wildman–Crippen MR) is 137 cm³/mol. The molecule has 0 radical (unpaired) electrons. The fourth-order valence-electron chi connectivity index (χ4n) is 3.90. The number of benzene rings is 3. The van der Waals surface area contributed by atoms with Gasteiger partial charge in [0.05, 0.1) is 30.1 Å². The topological polar surface area (TPSA) is 87.7 Å².